The van der Waals surface area contributed by atoms with Crippen LogP contribution in [-0.2, 0) is 11.3 Å². The molecule has 1 amide bonds. The first-order valence-electron chi connectivity index (χ1n) is 7.22. The Bertz CT molecular complexity index is 965. The summed E-state index contributed by atoms with van der Waals surface area (Å²) in [6.45, 7) is 0.932. The first-order chi connectivity index (χ1) is 11.6. The summed E-state index contributed by atoms with van der Waals surface area (Å²) in [4.78, 5) is 16.9. The zero-order chi connectivity index (χ0) is 17.1. The van der Waals surface area contributed by atoms with Crippen LogP contribution in [0, 0.1) is 5.82 Å². The molecule has 2 aromatic carbocycles. The number of fused-ring (bicyclic) bond motifs is 1. The molecule has 24 heavy (non-hydrogen) atoms. The zero-order valence-electron chi connectivity index (χ0n) is 12.8. The Kier molecular flexibility index (Phi) is 5.08. The molecule has 0 atom stereocenters. The Morgan fingerprint density at radius 3 is 2.83 bits per heavy atom. The second kappa shape index (κ2) is 7.25. The highest BCUT2D eigenvalue weighted by atomic mass is 35.5. The number of aromatic nitrogens is 1. The van der Waals surface area contributed by atoms with Gasteiger partial charge in [-0.25, -0.2) is 4.39 Å². The third-order valence-corrected chi connectivity index (χ3v) is 4.82. The largest absolute Gasteiger partial charge is 0.383 e. The highest BCUT2D eigenvalue weighted by molar-refractivity contribution is 7.16. The Morgan fingerprint density at radius 2 is 2.08 bits per heavy atom. The summed E-state index contributed by atoms with van der Waals surface area (Å²) >= 11 is 7.62. The van der Waals surface area contributed by atoms with Gasteiger partial charge in [-0.1, -0.05) is 41.1 Å². The summed E-state index contributed by atoms with van der Waals surface area (Å²) in [5.74, 6) is -1.21. The molecule has 0 bridgehead atoms. The lowest BCUT2D eigenvalue weighted by atomic mass is 10.2. The van der Waals surface area contributed by atoms with E-state index in [4.69, 9.17) is 16.3 Å². The fourth-order valence-corrected chi connectivity index (χ4v) is 3.76. The molecule has 124 valence electrons. The Hall–Kier alpha value is -2.02. The lowest BCUT2D eigenvalue weighted by Gasteiger charge is -2.05. The molecule has 3 aromatic rings. The van der Waals surface area contributed by atoms with Crippen LogP contribution >= 0.6 is 22.9 Å². The molecule has 0 radical (unpaired) electrons. The molecule has 0 fully saturated rings. The molecular weight excluding hydrogens is 351 g/mol. The van der Waals surface area contributed by atoms with Crippen molar-refractivity contribution in [1.29, 1.82) is 0 Å². The number of ether oxygens (including phenoxy) is 1. The van der Waals surface area contributed by atoms with Crippen LogP contribution in [0.1, 0.15) is 10.4 Å². The fraction of sp³-hybridized carbons (Fsp3) is 0.176. The van der Waals surface area contributed by atoms with Crippen LogP contribution in [0.3, 0.4) is 0 Å². The van der Waals surface area contributed by atoms with E-state index in [2.05, 4.69) is 4.99 Å². The summed E-state index contributed by atoms with van der Waals surface area (Å²) < 4.78 is 21.6. The number of rotatable bonds is 4. The molecule has 0 spiro atoms. The van der Waals surface area contributed by atoms with E-state index in [0.717, 1.165) is 10.2 Å². The van der Waals surface area contributed by atoms with E-state index in [-0.39, 0.29) is 5.56 Å². The molecule has 1 aromatic heterocycles. The number of nitrogens with zero attached hydrogens (tertiary/aromatic N) is 2. The predicted octanol–water partition coefficient (Wildman–Crippen LogP) is 3.88. The second-order valence-corrected chi connectivity index (χ2v) is 6.43. The molecule has 0 aliphatic carbocycles. The van der Waals surface area contributed by atoms with Gasteiger partial charge in [-0.3, -0.25) is 4.79 Å². The van der Waals surface area contributed by atoms with Crippen LogP contribution in [0.2, 0.25) is 5.02 Å². The number of para-hydroxylation sites is 1. The summed E-state index contributed by atoms with van der Waals surface area (Å²) in [6, 6.07) is 11.3. The molecule has 0 aliphatic heterocycles. The maximum Gasteiger partial charge on any atom is 0.282 e. The van der Waals surface area contributed by atoms with E-state index >= 15 is 0 Å². The number of amides is 1. The van der Waals surface area contributed by atoms with Crippen molar-refractivity contribution < 1.29 is 13.9 Å². The van der Waals surface area contributed by atoms with Gasteiger partial charge in [0.15, 0.2) is 4.80 Å². The van der Waals surface area contributed by atoms with Crippen molar-refractivity contribution in [2.45, 2.75) is 6.54 Å². The highest BCUT2D eigenvalue weighted by Crippen LogP contribution is 2.25. The minimum absolute atomic E-state index is 0.0562. The van der Waals surface area contributed by atoms with Crippen LogP contribution < -0.4 is 4.80 Å². The number of carbonyl (C=O) groups excluding carboxylic acids is 1. The van der Waals surface area contributed by atoms with E-state index in [1.165, 1.54) is 29.5 Å². The fourth-order valence-electron chi connectivity index (χ4n) is 2.34. The number of halogens is 2. The van der Waals surface area contributed by atoms with Crippen molar-refractivity contribution in [3.63, 3.8) is 0 Å². The second-order valence-electron chi connectivity index (χ2n) is 5.01. The van der Waals surface area contributed by atoms with Gasteiger partial charge in [0, 0.05) is 13.7 Å². The number of methoxy groups -OCH3 is 1. The van der Waals surface area contributed by atoms with E-state index in [0.29, 0.717) is 23.0 Å². The summed E-state index contributed by atoms with van der Waals surface area (Å²) in [5, 5.41) is 0.569. The third kappa shape index (κ3) is 3.26. The standard InChI is InChI=1S/C17H14ClFN2O2S/c1-23-10-9-21-15-12(18)6-4-8-14(15)24-17(21)20-16(22)11-5-2-3-7-13(11)19/h2-8H,9-10H2,1H3. The number of hydrogen-bond donors (Lipinski definition) is 0. The maximum atomic E-state index is 13.8. The Balaban J connectivity index is 2.16. The lowest BCUT2D eigenvalue weighted by molar-refractivity contribution is 0.0993. The number of thiazole rings is 1. The first kappa shape index (κ1) is 16.8. The van der Waals surface area contributed by atoms with E-state index in [1.54, 1.807) is 19.2 Å². The smallest absolute Gasteiger partial charge is 0.282 e. The molecule has 0 unspecified atom stereocenters. The van der Waals surface area contributed by atoms with Gasteiger partial charge in [-0.15, -0.1) is 0 Å². The van der Waals surface area contributed by atoms with Gasteiger partial charge < -0.3 is 9.30 Å². The number of benzene rings is 2. The Morgan fingerprint density at radius 1 is 1.29 bits per heavy atom. The normalized spacial score (nSPS) is 12.0. The van der Waals surface area contributed by atoms with Crippen LogP contribution in [0.25, 0.3) is 10.2 Å². The van der Waals surface area contributed by atoms with Crippen molar-refractivity contribution in [3.8, 4) is 0 Å². The van der Waals surface area contributed by atoms with Gasteiger partial charge in [0.1, 0.15) is 5.82 Å². The van der Waals surface area contributed by atoms with Crippen LogP contribution in [-0.4, -0.2) is 24.2 Å². The molecule has 4 nitrogen and oxygen atoms in total. The molecule has 0 N–H and O–H groups in total. The topological polar surface area (TPSA) is 43.6 Å². The van der Waals surface area contributed by atoms with Crippen LogP contribution in [0.4, 0.5) is 4.39 Å². The average molecular weight is 365 g/mol. The highest BCUT2D eigenvalue weighted by Gasteiger charge is 2.13. The SMILES string of the molecule is COCCn1c(=NC(=O)c2ccccc2F)sc2cccc(Cl)c21. The average Bonchev–Trinajstić information content (AvgIpc) is 2.91. The zero-order valence-corrected chi connectivity index (χ0v) is 14.4. The predicted molar refractivity (Wildman–Crippen MR) is 93.0 cm³/mol. The number of carbonyl (C=O) groups is 1. The molecule has 1 heterocycles. The van der Waals surface area contributed by atoms with E-state index < -0.39 is 11.7 Å². The minimum Gasteiger partial charge on any atom is -0.383 e. The van der Waals surface area contributed by atoms with E-state index in [1.807, 2.05) is 16.7 Å². The van der Waals surface area contributed by atoms with Gasteiger partial charge in [0.2, 0.25) is 0 Å². The van der Waals surface area contributed by atoms with Crippen LogP contribution in [0.5, 0.6) is 0 Å². The van der Waals surface area contributed by atoms with Crippen molar-refractivity contribution in [1.82, 2.24) is 4.57 Å². The molecule has 0 saturated heterocycles. The van der Waals surface area contributed by atoms with Gasteiger partial charge in [-0.05, 0) is 24.3 Å². The van der Waals surface area contributed by atoms with Crippen molar-refractivity contribution in [2.24, 2.45) is 4.99 Å². The van der Waals surface area contributed by atoms with Gasteiger partial charge >= 0.3 is 0 Å². The minimum atomic E-state index is -0.623. The molecule has 0 aliphatic rings. The monoisotopic (exact) mass is 364 g/mol. The third-order valence-electron chi connectivity index (χ3n) is 3.47. The van der Waals surface area contributed by atoms with Crippen molar-refractivity contribution in [3.05, 3.63) is 63.7 Å². The molecular formula is C17H14ClFN2O2S. The summed E-state index contributed by atoms with van der Waals surface area (Å²) in [7, 11) is 1.60. The van der Waals surface area contributed by atoms with Crippen molar-refractivity contribution in [2.75, 3.05) is 13.7 Å². The quantitative estimate of drug-likeness (QED) is 0.705. The van der Waals surface area contributed by atoms with Gasteiger partial charge in [-0.2, -0.15) is 4.99 Å². The maximum absolute atomic E-state index is 13.8. The lowest BCUT2D eigenvalue weighted by Crippen LogP contribution is -2.19. The summed E-state index contributed by atoms with van der Waals surface area (Å²) in [5.41, 5.74) is 0.737. The molecule has 3 rings (SSSR count). The Labute approximate surface area is 146 Å². The number of hydrogen-bond acceptors (Lipinski definition) is 3. The summed E-state index contributed by atoms with van der Waals surface area (Å²) in [6.07, 6.45) is 0. The molecule has 7 heteroatoms. The first-order valence-corrected chi connectivity index (χ1v) is 8.41. The van der Waals surface area contributed by atoms with Gasteiger partial charge in [0.05, 0.1) is 27.4 Å². The van der Waals surface area contributed by atoms with Crippen molar-refractivity contribution >= 4 is 39.1 Å². The molecule has 0 saturated carbocycles. The van der Waals surface area contributed by atoms with Crippen LogP contribution in [0.15, 0.2) is 47.5 Å². The van der Waals surface area contributed by atoms with Gasteiger partial charge in [0.25, 0.3) is 5.91 Å². The van der Waals surface area contributed by atoms with E-state index in [9.17, 15) is 9.18 Å².